The minimum Gasteiger partial charge on any atom is -0.334 e. The van der Waals surface area contributed by atoms with Crippen LogP contribution in [0.4, 0.5) is 0 Å². The molecule has 0 bridgehead atoms. The fourth-order valence-electron chi connectivity index (χ4n) is 3.10. The molecule has 0 atom stereocenters. The standard InChI is InChI=1S/C19H18ClN3O/c20-16-9-7-14(8-10-16)18-21-19(24-22-18)17-6-2-1-5-15(17)13-23-11-3-4-12-23/h1-2,5-10H,3-4,11-13H2. The maximum atomic E-state index is 5.93. The summed E-state index contributed by atoms with van der Waals surface area (Å²) in [5.41, 5.74) is 3.13. The summed E-state index contributed by atoms with van der Waals surface area (Å²) in [7, 11) is 0. The quantitative estimate of drug-likeness (QED) is 0.693. The van der Waals surface area contributed by atoms with Gasteiger partial charge in [0.2, 0.25) is 5.82 Å². The van der Waals surface area contributed by atoms with E-state index in [9.17, 15) is 0 Å². The Morgan fingerprint density at radius 2 is 1.75 bits per heavy atom. The second kappa shape index (κ2) is 6.75. The van der Waals surface area contributed by atoms with Crippen molar-refractivity contribution in [1.29, 1.82) is 0 Å². The van der Waals surface area contributed by atoms with Crippen molar-refractivity contribution in [3.8, 4) is 22.8 Å². The van der Waals surface area contributed by atoms with Crippen molar-refractivity contribution < 1.29 is 4.52 Å². The monoisotopic (exact) mass is 339 g/mol. The summed E-state index contributed by atoms with van der Waals surface area (Å²) in [6.45, 7) is 3.25. The highest BCUT2D eigenvalue weighted by Crippen LogP contribution is 2.27. The van der Waals surface area contributed by atoms with Gasteiger partial charge in [0.15, 0.2) is 0 Å². The highest BCUT2D eigenvalue weighted by atomic mass is 35.5. The number of likely N-dealkylation sites (tertiary alicyclic amines) is 1. The van der Waals surface area contributed by atoms with Crippen LogP contribution in [0.1, 0.15) is 18.4 Å². The molecule has 1 fully saturated rings. The molecule has 4 rings (SSSR count). The summed E-state index contributed by atoms with van der Waals surface area (Å²) in [6.07, 6.45) is 2.56. The first-order chi connectivity index (χ1) is 11.8. The Labute approximate surface area is 146 Å². The number of halogens is 1. The maximum absolute atomic E-state index is 5.93. The van der Waals surface area contributed by atoms with E-state index in [2.05, 4.69) is 27.2 Å². The second-order valence-electron chi connectivity index (χ2n) is 6.07. The van der Waals surface area contributed by atoms with Crippen LogP contribution < -0.4 is 0 Å². The molecule has 0 N–H and O–H groups in total. The van der Waals surface area contributed by atoms with Crippen LogP contribution in [0.15, 0.2) is 53.1 Å². The van der Waals surface area contributed by atoms with Crippen LogP contribution in [-0.2, 0) is 6.54 Å². The average molecular weight is 340 g/mol. The SMILES string of the molecule is Clc1ccc(-c2noc(-c3ccccc3CN3CCCC3)n2)cc1. The molecule has 0 amide bonds. The van der Waals surface area contributed by atoms with Crippen LogP contribution in [-0.4, -0.2) is 28.1 Å². The minimum absolute atomic E-state index is 0.565. The molecule has 1 aromatic heterocycles. The van der Waals surface area contributed by atoms with E-state index in [1.165, 1.54) is 18.4 Å². The van der Waals surface area contributed by atoms with Gasteiger partial charge >= 0.3 is 0 Å². The Hall–Kier alpha value is -2.17. The third-order valence-corrected chi connectivity index (χ3v) is 4.62. The van der Waals surface area contributed by atoms with Crippen molar-refractivity contribution in [2.75, 3.05) is 13.1 Å². The fraction of sp³-hybridized carbons (Fsp3) is 0.263. The highest BCUT2D eigenvalue weighted by Gasteiger charge is 2.17. The zero-order chi connectivity index (χ0) is 16.4. The van der Waals surface area contributed by atoms with E-state index in [0.717, 1.165) is 30.8 Å². The molecule has 4 nitrogen and oxygen atoms in total. The molecule has 2 aromatic carbocycles. The molecule has 0 unspecified atom stereocenters. The zero-order valence-corrected chi connectivity index (χ0v) is 14.0. The number of rotatable bonds is 4. The minimum atomic E-state index is 0.565. The summed E-state index contributed by atoms with van der Waals surface area (Å²) in [5, 5.41) is 4.82. The van der Waals surface area contributed by atoms with Gasteiger partial charge in [-0.05, 0) is 61.8 Å². The topological polar surface area (TPSA) is 42.2 Å². The summed E-state index contributed by atoms with van der Waals surface area (Å²) in [4.78, 5) is 7.04. The van der Waals surface area contributed by atoms with E-state index < -0.39 is 0 Å². The first-order valence-electron chi connectivity index (χ1n) is 8.20. The van der Waals surface area contributed by atoms with Crippen molar-refractivity contribution in [3.05, 3.63) is 59.1 Å². The molecular weight excluding hydrogens is 322 g/mol. The summed E-state index contributed by atoms with van der Waals surface area (Å²) < 4.78 is 5.53. The molecule has 0 aliphatic carbocycles. The van der Waals surface area contributed by atoms with Crippen molar-refractivity contribution in [1.82, 2.24) is 15.0 Å². The van der Waals surface area contributed by atoms with Gasteiger partial charge in [-0.15, -0.1) is 0 Å². The Kier molecular flexibility index (Phi) is 4.32. The van der Waals surface area contributed by atoms with Gasteiger partial charge in [0.05, 0.1) is 0 Å². The van der Waals surface area contributed by atoms with Crippen LogP contribution in [0.25, 0.3) is 22.8 Å². The lowest BCUT2D eigenvalue weighted by Crippen LogP contribution is -2.18. The molecule has 2 heterocycles. The Morgan fingerprint density at radius 1 is 1.00 bits per heavy atom. The van der Waals surface area contributed by atoms with E-state index in [4.69, 9.17) is 16.1 Å². The predicted molar refractivity (Wildman–Crippen MR) is 94.7 cm³/mol. The Balaban J connectivity index is 1.63. The van der Waals surface area contributed by atoms with Crippen molar-refractivity contribution >= 4 is 11.6 Å². The number of hydrogen-bond acceptors (Lipinski definition) is 4. The van der Waals surface area contributed by atoms with Gasteiger partial charge in [0.1, 0.15) is 0 Å². The first-order valence-corrected chi connectivity index (χ1v) is 8.58. The summed E-state index contributed by atoms with van der Waals surface area (Å²) in [5.74, 6) is 1.15. The van der Waals surface area contributed by atoms with E-state index in [1.54, 1.807) is 0 Å². The maximum Gasteiger partial charge on any atom is 0.258 e. The van der Waals surface area contributed by atoms with Crippen LogP contribution in [0.5, 0.6) is 0 Å². The fourth-order valence-corrected chi connectivity index (χ4v) is 3.22. The molecule has 24 heavy (non-hydrogen) atoms. The molecule has 1 aliphatic rings. The van der Waals surface area contributed by atoms with Crippen LogP contribution in [0.3, 0.4) is 0 Å². The molecule has 0 radical (unpaired) electrons. The second-order valence-corrected chi connectivity index (χ2v) is 6.51. The van der Waals surface area contributed by atoms with Gasteiger partial charge < -0.3 is 4.52 Å². The van der Waals surface area contributed by atoms with Gasteiger partial charge in [0.25, 0.3) is 5.89 Å². The number of aromatic nitrogens is 2. The van der Waals surface area contributed by atoms with Gasteiger partial charge in [-0.1, -0.05) is 35.0 Å². The van der Waals surface area contributed by atoms with E-state index in [0.29, 0.717) is 16.7 Å². The number of hydrogen-bond donors (Lipinski definition) is 0. The highest BCUT2D eigenvalue weighted by molar-refractivity contribution is 6.30. The van der Waals surface area contributed by atoms with Crippen LogP contribution >= 0.6 is 11.6 Å². The van der Waals surface area contributed by atoms with Crippen LogP contribution in [0.2, 0.25) is 5.02 Å². The van der Waals surface area contributed by atoms with E-state index in [1.807, 2.05) is 36.4 Å². The molecule has 5 heteroatoms. The van der Waals surface area contributed by atoms with Crippen molar-refractivity contribution in [2.45, 2.75) is 19.4 Å². The van der Waals surface area contributed by atoms with Gasteiger partial charge in [-0.3, -0.25) is 4.90 Å². The van der Waals surface area contributed by atoms with Crippen molar-refractivity contribution in [2.24, 2.45) is 0 Å². The lowest BCUT2D eigenvalue weighted by molar-refractivity contribution is 0.331. The van der Waals surface area contributed by atoms with Crippen molar-refractivity contribution in [3.63, 3.8) is 0 Å². The predicted octanol–water partition coefficient (Wildman–Crippen LogP) is 4.65. The largest absolute Gasteiger partial charge is 0.334 e. The van der Waals surface area contributed by atoms with Gasteiger partial charge in [0, 0.05) is 22.7 Å². The molecule has 122 valence electrons. The Morgan fingerprint density at radius 3 is 2.54 bits per heavy atom. The smallest absolute Gasteiger partial charge is 0.258 e. The van der Waals surface area contributed by atoms with E-state index in [-0.39, 0.29) is 0 Å². The van der Waals surface area contributed by atoms with Gasteiger partial charge in [-0.25, -0.2) is 0 Å². The lowest BCUT2D eigenvalue weighted by Gasteiger charge is -2.16. The lowest BCUT2D eigenvalue weighted by atomic mass is 10.1. The van der Waals surface area contributed by atoms with Crippen LogP contribution in [0, 0.1) is 0 Å². The normalized spacial score (nSPS) is 15.0. The molecule has 3 aromatic rings. The molecule has 1 aliphatic heterocycles. The average Bonchev–Trinajstić information content (AvgIpc) is 3.28. The number of benzene rings is 2. The third kappa shape index (κ3) is 3.21. The summed E-state index contributed by atoms with van der Waals surface area (Å²) in [6, 6.07) is 15.7. The molecule has 0 saturated carbocycles. The molecule has 1 saturated heterocycles. The number of nitrogens with zero attached hydrogens (tertiary/aromatic N) is 3. The van der Waals surface area contributed by atoms with E-state index >= 15 is 0 Å². The first kappa shape index (κ1) is 15.4. The third-order valence-electron chi connectivity index (χ3n) is 4.37. The summed E-state index contributed by atoms with van der Waals surface area (Å²) >= 11 is 5.93. The molecular formula is C19H18ClN3O. The zero-order valence-electron chi connectivity index (χ0n) is 13.3. The Bertz CT molecular complexity index is 823. The molecule has 0 spiro atoms. The van der Waals surface area contributed by atoms with Gasteiger partial charge in [-0.2, -0.15) is 4.98 Å².